The molecule has 160 valence electrons. The Morgan fingerprint density at radius 2 is 1.09 bits per heavy atom. The summed E-state index contributed by atoms with van der Waals surface area (Å²) in [4.78, 5) is 14.4. The van der Waals surface area contributed by atoms with Crippen LogP contribution in [-0.4, -0.2) is 20.1 Å². The first-order chi connectivity index (χ1) is 16.1. The van der Waals surface area contributed by atoms with Gasteiger partial charge in [0.05, 0.1) is 5.02 Å². The van der Waals surface area contributed by atoms with Crippen molar-refractivity contribution in [1.82, 2.24) is 15.0 Å². The summed E-state index contributed by atoms with van der Waals surface area (Å²) in [5.41, 5.74) is 5.05. The minimum atomic E-state index is 0.0374. The van der Waals surface area contributed by atoms with Gasteiger partial charge in [-0.05, 0) is 24.1 Å². The maximum Gasteiger partial charge on any atom is 0.164 e. The highest BCUT2D eigenvalue weighted by Crippen LogP contribution is 2.41. The molecule has 0 aliphatic rings. The molecular formula is C28H20ClN3O. The van der Waals surface area contributed by atoms with Gasteiger partial charge in [0, 0.05) is 22.3 Å². The van der Waals surface area contributed by atoms with Crippen molar-refractivity contribution in [2.24, 2.45) is 0 Å². The van der Waals surface area contributed by atoms with Crippen molar-refractivity contribution in [2.75, 3.05) is 0 Å². The van der Waals surface area contributed by atoms with E-state index in [-0.39, 0.29) is 5.75 Å². The van der Waals surface area contributed by atoms with Crippen LogP contribution < -0.4 is 0 Å². The molecule has 5 heteroatoms. The van der Waals surface area contributed by atoms with E-state index in [1.165, 1.54) is 0 Å². The number of nitrogens with zero attached hydrogens (tertiary/aromatic N) is 3. The fraction of sp³-hybridized carbons (Fsp3) is 0.0357. The number of aryl methyl sites for hydroxylation is 1. The zero-order valence-electron chi connectivity index (χ0n) is 17.9. The van der Waals surface area contributed by atoms with Gasteiger partial charge in [-0.15, -0.1) is 0 Å². The van der Waals surface area contributed by atoms with E-state index in [4.69, 9.17) is 26.6 Å². The lowest BCUT2D eigenvalue weighted by Crippen LogP contribution is -2.01. The zero-order chi connectivity index (χ0) is 22.8. The fourth-order valence-corrected chi connectivity index (χ4v) is 4.03. The summed E-state index contributed by atoms with van der Waals surface area (Å²) >= 11 is 6.23. The van der Waals surface area contributed by atoms with Crippen LogP contribution in [0.5, 0.6) is 5.75 Å². The van der Waals surface area contributed by atoms with Gasteiger partial charge in [-0.3, -0.25) is 0 Å². The monoisotopic (exact) mass is 449 g/mol. The van der Waals surface area contributed by atoms with E-state index in [1.807, 2.05) is 97.9 Å². The first kappa shape index (κ1) is 20.9. The predicted octanol–water partition coefficient (Wildman–Crippen LogP) is 7.21. The highest BCUT2D eigenvalue weighted by Gasteiger charge is 2.19. The van der Waals surface area contributed by atoms with Crippen molar-refractivity contribution in [1.29, 1.82) is 0 Å². The maximum atomic E-state index is 10.7. The molecule has 0 unspecified atom stereocenters. The Balaban J connectivity index is 1.79. The second-order valence-corrected chi connectivity index (χ2v) is 8.08. The fourth-order valence-electron chi connectivity index (χ4n) is 3.86. The molecule has 0 saturated heterocycles. The van der Waals surface area contributed by atoms with Crippen LogP contribution >= 0.6 is 11.6 Å². The second-order valence-electron chi connectivity index (χ2n) is 7.67. The van der Waals surface area contributed by atoms with Crippen molar-refractivity contribution < 1.29 is 5.11 Å². The Kier molecular flexibility index (Phi) is 5.59. The molecule has 4 nitrogen and oxygen atoms in total. The van der Waals surface area contributed by atoms with E-state index in [0.717, 1.165) is 27.8 Å². The van der Waals surface area contributed by atoms with Crippen LogP contribution in [0.4, 0.5) is 0 Å². The van der Waals surface area contributed by atoms with Crippen molar-refractivity contribution in [3.05, 3.63) is 108 Å². The number of phenols is 1. The molecule has 1 aromatic heterocycles. The molecule has 1 heterocycles. The molecule has 0 bridgehead atoms. The molecule has 0 aliphatic carbocycles. The molecule has 0 radical (unpaired) electrons. The largest absolute Gasteiger partial charge is 0.506 e. The molecular weight excluding hydrogens is 430 g/mol. The summed E-state index contributed by atoms with van der Waals surface area (Å²) in [5.74, 6) is 1.74. The number of para-hydroxylation sites is 1. The van der Waals surface area contributed by atoms with Crippen LogP contribution in [0.1, 0.15) is 5.56 Å². The standard InChI is InChI=1S/C28H20ClN3O/c1-18-10-8-16-22(24(18)21-15-9-17-23(29)25(21)33)28-31-26(19-11-4-2-5-12-19)30-27(32-28)20-13-6-3-7-14-20/h2-17,33H,1H3. The third kappa shape index (κ3) is 4.09. The zero-order valence-corrected chi connectivity index (χ0v) is 18.7. The minimum Gasteiger partial charge on any atom is -0.506 e. The Labute approximate surface area is 197 Å². The maximum absolute atomic E-state index is 10.7. The molecule has 0 amide bonds. The Morgan fingerprint density at radius 3 is 1.70 bits per heavy atom. The van der Waals surface area contributed by atoms with Crippen molar-refractivity contribution in [2.45, 2.75) is 6.92 Å². The summed E-state index contributed by atoms with van der Waals surface area (Å²) in [5, 5.41) is 11.0. The Hall–Kier alpha value is -4.02. The second kappa shape index (κ2) is 8.85. The molecule has 5 aromatic rings. The Bertz CT molecular complexity index is 1380. The van der Waals surface area contributed by atoms with Crippen molar-refractivity contribution in [3.8, 4) is 51.0 Å². The van der Waals surface area contributed by atoms with Gasteiger partial charge in [-0.25, -0.2) is 15.0 Å². The first-order valence-electron chi connectivity index (χ1n) is 10.6. The molecule has 33 heavy (non-hydrogen) atoms. The van der Waals surface area contributed by atoms with Gasteiger partial charge in [0.2, 0.25) is 0 Å². The highest BCUT2D eigenvalue weighted by molar-refractivity contribution is 6.32. The number of halogens is 1. The first-order valence-corrected chi connectivity index (χ1v) is 10.9. The van der Waals surface area contributed by atoms with Gasteiger partial charge >= 0.3 is 0 Å². The van der Waals surface area contributed by atoms with E-state index in [1.54, 1.807) is 6.07 Å². The summed E-state index contributed by atoms with van der Waals surface area (Å²) in [6.45, 7) is 2.00. The van der Waals surface area contributed by atoms with Crippen LogP contribution in [0.25, 0.3) is 45.3 Å². The van der Waals surface area contributed by atoms with Crippen LogP contribution in [0, 0.1) is 6.92 Å². The number of rotatable bonds is 4. The van der Waals surface area contributed by atoms with Crippen LogP contribution in [-0.2, 0) is 0 Å². The molecule has 5 rings (SSSR count). The molecule has 0 fully saturated rings. The van der Waals surface area contributed by atoms with Crippen molar-refractivity contribution in [3.63, 3.8) is 0 Å². The number of hydrogen-bond acceptors (Lipinski definition) is 4. The minimum absolute atomic E-state index is 0.0374. The number of benzene rings is 4. The molecule has 1 N–H and O–H groups in total. The lowest BCUT2D eigenvalue weighted by atomic mass is 9.94. The smallest absolute Gasteiger partial charge is 0.164 e. The molecule has 4 aromatic carbocycles. The normalized spacial score (nSPS) is 10.8. The third-order valence-corrected chi connectivity index (χ3v) is 5.77. The molecule has 0 saturated carbocycles. The van der Waals surface area contributed by atoms with Crippen molar-refractivity contribution >= 4 is 11.6 Å². The number of hydrogen-bond donors (Lipinski definition) is 1. The summed E-state index contributed by atoms with van der Waals surface area (Å²) in [6.07, 6.45) is 0. The molecule has 0 aliphatic heterocycles. The Morgan fingerprint density at radius 1 is 0.576 bits per heavy atom. The third-order valence-electron chi connectivity index (χ3n) is 5.47. The average Bonchev–Trinajstić information content (AvgIpc) is 2.87. The van der Waals surface area contributed by atoms with Gasteiger partial charge in [-0.1, -0.05) is 103 Å². The number of phenolic OH excluding ortho intramolecular Hbond substituents is 1. The number of aromatic hydroxyl groups is 1. The van der Waals surface area contributed by atoms with Gasteiger partial charge in [0.25, 0.3) is 0 Å². The van der Waals surface area contributed by atoms with E-state index in [9.17, 15) is 5.11 Å². The van der Waals surface area contributed by atoms with E-state index in [0.29, 0.717) is 28.1 Å². The van der Waals surface area contributed by atoms with Gasteiger partial charge in [-0.2, -0.15) is 0 Å². The number of aromatic nitrogens is 3. The highest BCUT2D eigenvalue weighted by atomic mass is 35.5. The average molecular weight is 450 g/mol. The van der Waals surface area contributed by atoms with Gasteiger partial charge in [0.15, 0.2) is 17.5 Å². The lowest BCUT2D eigenvalue weighted by Gasteiger charge is -2.15. The van der Waals surface area contributed by atoms with E-state index >= 15 is 0 Å². The van der Waals surface area contributed by atoms with Gasteiger partial charge < -0.3 is 5.11 Å². The molecule has 0 spiro atoms. The summed E-state index contributed by atoms with van der Waals surface area (Å²) in [7, 11) is 0. The van der Waals surface area contributed by atoms with Crippen LogP contribution in [0.2, 0.25) is 5.02 Å². The van der Waals surface area contributed by atoms with Crippen LogP contribution in [0.15, 0.2) is 97.1 Å². The summed E-state index contributed by atoms with van der Waals surface area (Å²) < 4.78 is 0. The quantitative estimate of drug-likeness (QED) is 0.315. The van der Waals surface area contributed by atoms with E-state index < -0.39 is 0 Å². The van der Waals surface area contributed by atoms with Crippen LogP contribution in [0.3, 0.4) is 0 Å². The van der Waals surface area contributed by atoms with Gasteiger partial charge in [0.1, 0.15) is 5.75 Å². The SMILES string of the molecule is Cc1cccc(-c2nc(-c3ccccc3)nc(-c3ccccc3)n2)c1-c1cccc(Cl)c1O. The lowest BCUT2D eigenvalue weighted by molar-refractivity contribution is 0.477. The topological polar surface area (TPSA) is 58.9 Å². The molecule has 0 atom stereocenters. The predicted molar refractivity (Wildman–Crippen MR) is 133 cm³/mol. The van der Waals surface area contributed by atoms with E-state index in [2.05, 4.69) is 0 Å². The summed E-state index contributed by atoms with van der Waals surface area (Å²) in [6, 6.07) is 31.0.